The summed E-state index contributed by atoms with van der Waals surface area (Å²) in [5, 5.41) is 10.2. The quantitative estimate of drug-likeness (QED) is 0.674. The van der Waals surface area contributed by atoms with Crippen molar-refractivity contribution in [3.8, 4) is 5.69 Å². The van der Waals surface area contributed by atoms with Gasteiger partial charge in [-0.2, -0.15) is 5.10 Å². The zero-order valence-corrected chi connectivity index (χ0v) is 16.9. The number of halogens is 1. The number of amides is 2. The van der Waals surface area contributed by atoms with Crippen LogP contribution in [-0.2, 0) is 17.6 Å². The number of carbonyl (C=O) groups excluding carboxylic acids is 2. The lowest BCUT2D eigenvalue weighted by atomic mass is 10.1. The van der Waals surface area contributed by atoms with E-state index in [1.165, 1.54) is 13.0 Å². The van der Waals surface area contributed by atoms with Crippen LogP contribution in [0.5, 0.6) is 0 Å². The van der Waals surface area contributed by atoms with Gasteiger partial charge in [-0.05, 0) is 56.0 Å². The molecular formula is C23H23FN4O2. The van der Waals surface area contributed by atoms with Gasteiger partial charge in [0.25, 0.3) is 5.91 Å². The maximum absolute atomic E-state index is 14.3. The molecule has 1 aliphatic carbocycles. The van der Waals surface area contributed by atoms with E-state index in [1.54, 1.807) is 28.9 Å². The van der Waals surface area contributed by atoms with Crippen molar-refractivity contribution in [2.45, 2.75) is 39.2 Å². The molecule has 30 heavy (non-hydrogen) atoms. The Labute approximate surface area is 174 Å². The first-order valence-electron chi connectivity index (χ1n) is 9.98. The number of fused-ring (bicyclic) bond motifs is 1. The van der Waals surface area contributed by atoms with Gasteiger partial charge in [0.05, 0.1) is 6.04 Å². The second kappa shape index (κ2) is 8.10. The molecule has 0 radical (unpaired) electrons. The monoisotopic (exact) mass is 406 g/mol. The van der Waals surface area contributed by atoms with E-state index in [1.807, 2.05) is 25.1 Å². The summed E-state index contributed by atoms with van der Waals surface area (Å²) in [7, 11) is 0. The summed E-state index contributed by atoms with van der Waals surface area (Å²) in [6.07, 6.45) is 2.42. The lowest BCUT2D eigenvalue weighted by Gasteiger charge is -2.15. The Hall–Kier alpha value is -3.48. The predicted molar refractivity (Wildman–Crippen MR) is 112 cm³/mol. The number of para-hydroxylation sites is 1. The molecule has 1 heterocycles. The molecule has 0 bridgehead atoms. The summed E-state index contributed by atoms with van der Waals surface area (Å²) in [6.45, 7) is 3.32. The van der Waals surface area contributed by atoms with Crippen LogP contribution in [0.3, 0.4) is 0 Å². The van der Waals surface area contributed by atoms with Crippen molar-refractivity contribution in [3.05, 3.63) is 76.9 Å². The molecule has 1 aliphatic rings. The number of benzene rings is 2. The van der Waals surface area contributed by atoms with Crippen LogP contribution in [0.2, 0.25) is 0 Å². The number of carbonyl (C=O) groups is 2. The standard InChI is InChI=1S/C23H23FN4O2/c1-14(16-7-5-8-17(13-16)26-15(2)29)25-23(30)22-18-9-6-12-20(18)28(27-22)21-11-4-3-10-19(21)24/h3-5,7-8,10-11,13-14H,6,9,12H2,1-2H3,(H,25,30)(H,26,29). The maximum atomic E-state index is 14.3. The molecule has 3 aromatic rings. The second-order valence-corrected chi connectivity index (χ2v) is 7.49. The van der Waals surface area contributed by atoms with E-state index in [2.05, 4.69) is 15.7 Å². The number of aromatic nitrogens is 2. The molecule has 2 N–H and O–H groups in total. The van der Waals surface area contributed by atoms with E-state index in [-0.39, 0.29) is 23.7 Å². The smallest absolute Gasteiger partial charge is 0.272 e. The molecule has 1 aromatic heterocycles. The average Bonchev–Trinajstić information content (AvgIpc) is 3.31. The summed E-state index contributed by atoms with van der Waals surface area (Å²) < 4.78 is 15.9. The van der Waals surface area contributed by atoms with Gasteiger partial charge in [-0.3, -0.25) is 9.59 Å². The van der Waals surface area contributed by atoms with Crippen LogP contribution in [0.25, 0.3) is 5.69 Å². The van der Waals surface area contributed by atoms with Gasteiger partial charge >= 0.3 is 0 Å². The van der Waals surface area contributed by atoms with Crippen molar-refractivity contribution in [1.82, 2.24) is 15.1 Å². The van der Waals surface area contributed by atoms with E-state index in [0.717, 1.165) is 36.1 Å². The number of nitrogens with one attached hydrogen (secondary N) is 2. The Morgan fingerprint density at radius 3 is 2.70 bits per heavy atom. The van der Waals surface area contributed by atoms with Crippen molar-refractivity contribution in [1.29, 1.82) is 0 Å². The first-order valence-corrected chi connectivity index (χ1v) is 9.98. The highest BCUT2D eigenvalue weighted by atomic mass is 19.1. The summed E-state index contributed by atoms with van der Waals surface area (Å²) in [4.78, 5) is 24.3. The van der Waals surface area contributed by atoms with Gasteiger partial charge in [0.15, 0.2) is 5.69 Å². The minimum Gasteiger partial charge on any atom is -0.344 e. The summed E-state index contributed by atoms with van der Waals surface area (Å²) in [5.74, 6) is -0.816. The molecule has 2 amide bonds. The van der Waals surface area contributed by atoms with E-state index in [4.69, 9.17) is 0 Å². The van der Waals surface area contributed by atoms with Crippen LogP contribution >= 0.6 is 0 Å². The molecule has 0 aliphatic heterocycles. The Morgan fingerprint density at radius 2 is 1.93 bits per heavy atom. The van der Waals surface area contributed by atoms with E-state index < -0.39 is 0 Å². The van der Waals surface area contributed by atoms with Crippen molar-refractivity contribution in [2.24, 2.45) is 0 Å². The normalized spacial score (nSPS) is 13.6. The molecule has 1 atom stereocenters. The highest BCUT2D eigenvalue weighted by Gasteiger charge is 2.28. The minimum absolute atomic E-state index is 0.155. The summed E-state index contributed by atoms with van der Waals surface area (Å²) in [6, 6.07) is 13.5. The van der Waals surface area contributed by atoms with Crippen LogP contribution in [0.1, 0.15) is 53.6 Å². The van der Waals surface area contributed by atoms with Crippen LogP contribution < -0.4 is 10.6 Å². The number of hydrogen-bond acceptors (Lipinski definition) is 3. The van der Waals surface area contributed by atoms with Gasteiger partial charge in [0.2, 0.25) is 5.91 Å². The first kappa shape index (κ1) is 19.8. The van der Waals surface area contributed by atoms with Crippen LogP contribution in [0.4, 0.5) is 10.1 Å². The Bertz CT molecular complexity index is 1120. The molecule has 2 aromatic carbocycles. The molecule has 7 heteroatoms. The van der Waals surface area contributed by atoms with Crippen molar-refractivity contribution in [2.75, 3.05) is 5.32 Å². The zero-order valence-electron chi connectivity index (χ0n) is 16.9. The lowest BCUT2D eigenvalue weighted by molar-refractivity contribution is -0.114. The molecule has 4 rings (SSSR count). The van der Waals surface area contributed by atoms with E-state index in [9.17, 15) is 14.0 Å². The molecule has 154 valence electrons. The molecule has 0 fully saturated rings. The van der Waals surface area contributed by atoms with Crippen molar-refractivity contribution in [3.63, 3.8) is 0 Å². The van der Waals surface area contributed by atoms with Gasteiger partial charge in [-0.25, -0.2) is 9.07 Å². The Kier molecular flexibility index (Phi) is 5.35. The fourth-order valence-corrected chi connectivity index (χ4v) is 3.88. The topological polar surface area (TPSA) is 76.0 Å². The lowest BCUT2D eigenvalue weighted by Crippen LogP contribution is -2.28. The Balaban J connectivity index is 1.60. The van der Waals surface area contributed by atoms with Crippen molar-refractivity contribution >= 4 is 17.5 Å². The number of nitrogens with zero attached hydrogens (tertiary/aromatic N) is 2. The van der Waals surface area contributed by atoms with Gasteiger partial charge in [0, 0.05) is 23.9 Å². The molecule has 0 spiro atoms. The molecule has 1 unspecified atom stereocenters. The molecular weight excluding hydrogens is 383 g/mol. The van der Waals surface area contributed by atoms with Crippen LogP contribution in [-0.4, -0.2) is 21.6 Å². The highest BCUT2D eigenvalue weighted by molar-refractivity contribution is 5.94. The predicted octanol–water partition coefficient (Wildman–Crippen LogP) is 3.95. The number of anilines is 1. The van der Waals surface area contributed by atoms with Gasteiger partial charge < -0.3 is 10.6 Å². The third-order valence-corrected chi connectivity index (χ3v) is 5.28. The molecule has 0 saturated heterocycles. The third-order valence-electron chi connectivity index (χ3n) is 5.28. The highest BCUT2D eigenvalue weighted by Crippen LogP contribution is 2.29. The van der Waals surface area contributed by atoms with E-state index >= 15 is 0 Å². The second-order valence-electron chi connectivity index (χ2n) is 7.49. The largest absolute Gasteiger partial charge is 0.344 e. The summed E-state index contributed by atoms with van der Waals surface area (Å²) >= 11 is 0. The van der Waals surface area contributed by atoms with Gasteiger partial charge in [0.1, 0.15) is 11.5 Å². The SMILES string of the molecule is CC(=O)Nc1cccc(C(C)NC(=O)c2nn(-c3ccccc3F)c3c2CCC3)c1. The third kappa shape index (κ3) is 3.83. The van der Waals surface area contributed by atoms with Crippen LogP contribution in [0, 0.1) is 5.82 Å². The fraction of sp³-hybridized carbons (Fsp3) is 0.261. The zero-order chi connectivity index (χ0) is 21.3. The molecule has 6 nitrogen and oxygen atoms in total. The van der Waals surface area contributed by atoms with Gasteiger partial charge in [-0.15, -0.1) is 0 Å². The number of rotatable bonds is 5. The number of hydrogen-bond donors (Lipinski definition) is 2. The van der Waals surface area contributed by atoms with Crippen LogP contribution in [0.15, 0.2) is 48.5 Å². The first-order chi connectivity index (χ1) is 14.4. The van der Waals surface area contributed by atoms with E-state index in [0.29, 0.717) is 17.1 Å². The summed E-state index contributed by atoms with van der Waals surface area (Å²) in [5.41, 5.74) is 4.01. The van der Waals surface area contributed by atoms with Gasteiger partial charge in [-0.1, -0.05) is 24.3 Å². The molecule has 0 saturated carbocycles. The maximum Gasteiger partial charge on any atom is 0.272 e. The minimum atomic E-state index is -0.371. The average molecular weight is 406 g/mol. The Morgan fingerprint density at radius 1 is 1.13 bits per heavy atom. The van der Waals surface area contributed by atoms with Crippen molar-refractivity contribution < 1.29 is 14.0 Å². The fourth-order valence-electron chi connectivity index (χ4n) is 3.88.